The van der Waals surface area contributed by atoms with Crippen LogP contribution in [-0.4, -0.2) is 33.2 Å². The number of ketones is 1. The molecule has 1 aromatic carbocycles. The zero-order valence-electron chi connectivity index (χ0n) is 13.1. The minimum Gasteiger partial charge on any atom is -0.475 e. The third-order valence-corrected chi connectivity index (χ3v) is 4.95. The number of fused-ring (bicyclic) bond motifs is 1. The Morgan fingerprint density at radius 2 is 1.85 bits per heavy atom. The van der Waals surface area contributed by atoms with E-state index in [2.05, 4.69) is 15.9 Å². The number of carbonyl (C=O) groups excluding carboxylic acids is 3. The molecule has 1 aromatic heterocycles. The quantitative estimate of drug-likeness (QED) is 0.375. The van der Waals surface area contributed by atoms with Gasteiger partial charge >= 0.3 is 5.97 Å². The molecule has 0 saturated heterocycles. The first-order valence-corrected chi connectivity index (χ1v) is 7.92. The maximum atomic E-state index is 12.5. The maximum Gasteiger partial charge on any atom is 0.377 e. The van der Waals surface area contributed by atoms with Crippen molar-refractivity contribution in [1.82, 2.24) is 9.88 Å². The number of amides is 2. The van der Waals surface area contributed by atoms with E-state index in [9.17, 15) is 24.0 Å². The number of nitrogens with one attached hydrogen (secondary N) is 1. The highest BCUT2D eigenvalue weighted by Gasteiger charge is 2.33. The van der Waals surface area contributed by atoms with E-state index in [4.69, 9.17) is 10.8 Å². The summed E-state index contributed by atoms with van der Waals surface area (Å²) in [6, 6.07) is 3.80. The molecule has 3 rings (SSSR count). The monoisotopic (exact) mass is 419 g/mol. The number of anilines is 1. The van der Waals surface area contributed by atoms with Gasteiger partial charge in [0.05, 0.1) is 22.4 Å². The van der Waals surface area contributed by atoms with Crippen molar-refractivity contribution in [2.45, 2.75) is 6.92 Å². The Morgan fingerprint density at radius 3 is 2.46 bits per heavy atom. The van der Waals surface area contributed by atoms with Gasteiger partial charge in [-0.25, -0.2) is 4.79 Å². The van der Waals surface area contributed by atoms with Gasteiger partial charge in [0.1, 0.15) is 5.82 Å². The van der Waals surface area contributed by atoms with Crippen LogP contribution in [0.5, 0.6) is 0 Å². The summed E-state index contributed by atoms with van der Waals surface area (Å²) >= 11 is 3.16. The van der Waals surface area contributed by atoms with Crippen LogP contribution in [0.15, 0.2) is 27.5 Å². The highest BCUT2D eigenvalue weighted by Crippen LogP contribution is 2.30. The molecule has 0 saturated carbocycles. The van der Waals surface area contributed by atoms with E-state index in [0.29, 0.717) is 5.56 Å². The molecule has 0 aliphatic carbocycles. The van der Waals surface area contributed by atoms with Gasteiger partial charge in [0.25, 0.3) is 23.2 Å². The molecule has 0 atom stereocenters. The van der Waals surface area contributed by atoms with Crippen LogP contribution in [0.1, 0.15) is 36.6 Å². The van der Waals surface area contributed by atoms with Crippen molar-refractivity contribution < 1.29 is 24.3 Å². The van der Waals surface area contributed by atoms with Crippen molar-refractivity contribution in [3.8, 4) is 5.69 Å². The van der Waals surface area contributed by atoms with Crippen LogP contribution in [0.3, 0.4) is 0 Å². The maximum absolute atomic E-state index is 12.5. The van der Waals surface area contributed by atoms with Crippen molar-refractivity contribution in [3.05, 3.63) is 55.3 Å². The molecule has 132 valence electrons. The van der Waals surface area contributed by atoms with E-state index in [0.717, 1.165) is 10.6 Å². The number of hydrogen-bond donors (Lipinski definition) is 3. The normalized spacial score (nSPS) is 12.7. The Bertz CT molecular complexity index is 1100. The number of imide groups is 1. The number of nitrogen functional groups attached to an aromatic ring is 1. The first-order valence-electron chi connectivity index (χ1n) is 7.13. The summed E-state index contributed by atoms with van der Waals surface area (Å²) in [7, 11) is 0. The minimum atomic E-state index is -1.72. The number of aryl methyl sites for hydroxylation is 1. The number of carboxylic acids is 1. The van der Waals surface area contributed by atoms with Crippen molar-refractivity contribution in [2.24, 2.45) is 0 Å². The van der Waals surface area contributed by atoms with Crippen molar-refractivity contribution in [3.63, 3.8) is 0 Å². The van der Waals surface area contributed by atoms with Crippen LogP contribution in [-0.2, 0) is 4.79 Å². The lowest BCUT2D eigenvalue weighted by atomic mass is 10.0. The number of Topliss-reactive ketones (excluding diaryl/α,β-unsaturated/α-hetero) is 1. The van der Waals surface area contributed by atoms with Gasteiger partial charge in [-0.2, -0.15) is 0 Å². The number of nitrogens with zero attached hydrogens (tertiary/aromatic N) is 1. The van der Waals surface area contributed by atoms with Gasteiger partial charge in [0.2, 0.25) is 0 Å². The van der Waals surface area contributed by atoms with Gasteiger partial charge < -0.3 is 10.8 Å². The van der Waals surface area contributed by atoms with E-state index >= 15 is 0 Å². The van der Waals surface area contributed by atoms with Crippen LogP contribution >= 0.6 is 15.9 Å². The lowest BCUT2D eigenvalue weighted by Gasteiger charge is -2.16. The fourth-order valence-electron chi connectivity index (χ4n) is 2.71. The summed E-state index contributed by atoms with van der Waals surface area (Å²) in [5, 5.41) is 11.1. The number of halogens is 1. The zero-order valence-corrected chi connectivity index (χ0v) is 14.7. The van der Waals surface area contributed by atoms with E-state index < -0.39 is 29.1 Å². The SMILES string of the molecule is Cc1ccc(-n2c(N)c3c(cc2=O)C(=O)NC3=O)c(C(=O)C(=O)O)c1Br. The standard InChI is InChI=1S/C16H10BrN3O6/c1-5-2-3-7(10(11(5)17)12(22)16(25)26)20-8(21)4-6-9(13(20)18)15(24)19-14(6)23/h2-4H,18H2,1H3,(H,25,26)(H,19,23,24). The number of aliphatic carboxylic acids is 1. The third-order valence-electron chi connectivity index (χ3n) is 3.93. The molecule has 10 heteroatoms. The summed E-state index contributed by atoms with van der Waals surface area (Å²) in [5.74, 6) is -4.89. The average molecular weight is 420 g/mol. The van der Waals surface area contributed by atoms with Crippen LogP contribution < -0.4 is 16.6 Å². The van der Waals surface area contributed by atoms with Crippen LogP contribution in [0, 0.1) is 6.92 Å². The van der Waals surface area contributed by atoms with Crippen LogP contribution in [0.4, 0.5) is 5.82 Å². The second-order valence-electron chi connectivity index (χ2n) is 5.50. The lowest BCUT2D eigenvalue weighted by Crippen LogP contribution is -2.27. The van der Waals surface area contributed by atoms with Gasteiger partial charge in [0.15, 0.2) is 0 Å². The van der Waals surface area contributed by atoms with Crippen molar-refractivity contribution >= 4 is 45.3 Å². The summed E-state index contributed by atoms with van der Waals surface area (Å²) < 4.78 is 1.01. The number of carboxylic acid groups (broad SMARTS) is 1. The number of aromatic nitrogens is 1. The van der Waals surface area contributed by atoms with Gasteiger partial charge in [-0.3, -0.25) is 29.1 Å². The number of carbonyl (C=O) groups is 4. The predicted molar refractivity (Wildman–Crippen MR) is 92.7 cm³/mol. The number of pyridine rings is 1. The van der Waals surface area contributed by atoms with Gasteiger partial charge in [-0.15, -0.1) is 0 Å². The number of benzene rings is 1. The smallest absolute Gasteiger partial charge is 0.377 e. The number of hydrogen-bond acceptors (Lipinski definition) is 6. The van der Waals surface area contributed by atoms with E-state index in [1.807, 2.05) is 5.32 Å². The van der Waals surface area contributed by atoms with Crippen LogP contribution in [0.2, 0.25) is 0 Å². The Labute approximate surface area is 153 Å². The van der Waals surface area contributed by atoms with E-state index in [1.165, 1.54) is 6.07 Å². The average Bonchev–Trinajstić information content (AvgIpc) is 2.84. The Kier molecular flexibility index (Phi) is 3.99. The Morgan fingerprint density at radius 1 is 1.19 bits per heavy atom. The van der Waals surface area contributed by atoms with Crippen molar-refractivity contribution in [2.75, 3.05) is 5.73 Å². The molecule has 0 radical (unpaired) electrons. The van der Waals surface area contributed by atoms with E-state index in [1.54, 1.807) is 13.0 Å². The predicted octanol–water partition coefficient (Wildman–Crippen LogP) is 0.642. The molecule has 2 aromatic rings. The Balaban J connectivity index is 2.42. The third kappa shape index (κ3) is 2.42. The lowest BCUT2D eigenvalue weighted by molar-refractivity contribution is -0.131. The molecule has 2 amide bonds. The topological polar surface area (TPSA) is 149 Å². The fraction of sp³-hybridized carbons (Fsp3) is 0.0625. The summed E-state index contributed by atoms with van der Waals surface area (Å²) in [6.45, 7) is 1.63. The van der Waals surface area contributed by atoms with Gasteiger partial charge in [-0.1, -0.05) is 6.07 Å². The molecule has 1 aliphatic heterocycles. The Hall–Kier alpha value is -3.27. The molecule has 0 fully saturated rings. The first-order chi connectivity index (χ1) is 12.1. The molecular weight excluding hydrogens is 410 g/mol. The molecule has 2 heterocycles. The van der Waals surface area contributed by atoms with Gasteiger partial charge in [-0.05, 0) is 34.5 Å². The second kappa shape index (κ2) is 5.92. The fourth-order valence-corrected chi connectivity index (χ4v) is 3.22. The van der Waals surface area contributed by atoms with E-state index in [-0.39, 0.29) is 32.7 Å². The highest BCUT2D eigenvalue weighted by molar-refractivity contribution is 9.10. The molecule has 1 aliphatic rings. The highest BCUT2D eigenvalue weighted by atomic mass is 79.9. The van der Waals surface area contributed by atoms with Crippen LogP contribution in [0.25, 0.3) is 5.69 Å². The summed E-state index contributed by atoms with van der Waals surface area (Å²) in [5.41, 5.74) is 4.90. The molecule has 4 N–H and O–H groups in total. The number of nitrogens with two attached hydrogens (primary N) is 1. The molecule has 26 heavy (non-hydrogen) atoms. The largest absolute Gasteiger partial charge is 0.475 e. The van der Waals surface area contributed by atoms with Crippen molar-refractivity contribution in [1.29, 1.82) is 0 Å². The number of rotatable bonds is 3. The molecule has 9 nitrogen and oxygen atoms in total. The molecule has 0 spiro atoms. The summed E-state index contributed by atoms with van der Waals surface area (Å²) in [6.07, 6.45) is 0. The minimum absolute atomic E-state index is 0.118. The molecule has 0 bridgehead atoms. The van der Waals surface area contributed by atoms with Gasteiger partial charge in [0, 0.05) is 10.5 Å². The molecular formula is C16H10BrN3O6. The zero-order chi connectivity index (χ0) is 19.3. The second-order valence-corrected chi connectivity index (χ2v) is 6.29. The summed E-state index contributed by atoms with van der Waals surface area (Å²) in [4.78, 5) is 59.5. The first kappa shape index (κ1) is 17.5. The molecule has 0 unspecified atom stereocenters.